The van der Waals surface area contributed by atoms with Crippen LogP contribution in [0, 0.1) is 36.0 Å². The summed E-state index contributed by atoms with van der Waals surface area (Å²) in [6.45, 7) is 1.70. The molecule has 12 heteroatoms. The number of ether oxygens (including phenoxy) is 1. The second kappa shape index (κ2) is 9.33. The van der Waals surface area contributed by atoms with Crippen LogP contribution in [0.25, 0.3) is 0 Å². The Labute approximate surface area is 188 Å². The van der Waals surface area contributed by atoms with E-state index in [-0.39, 0.29) is 17.5 Å². The highest BCUT2D eigenvalue weighted by molar-refractivity contribution is 6.01. The molecule has 2 aromatic heterocycles. The summed E-state index contributed by atoms with van der Waals surface area (Å²) in [5.41, 5.74) is 2.09. The molecule has 0 bridgehead atoms. The molecular weight excluding hydrogens is 463 g/mol. The summed E-state index contributed by atoms with van der Waals surface area (Å²) >= 11 is 0. The fourth-order valence-corrected chi connectivity index (χ4v) is 2.99. The summed E-state index contributed by atoms with van der Waals surface area (Å²) in [5, 5.41) is 6.59. The van der Waals surface area contributed by atoms with E-state index in [1.54, 1.807) is 0 Å². The lowest BCUT2D eigenvalue weighted by atomic mass is 10.1. The molecule has 0 aliphatic heterocycles. The first kappa shape index (κ1) is 23.0. The van der Waals surface area contributed by atoms with Crippen LogP contribution >= 0.6 is 0 Å². The third kappa shape index (κ3) is 4.60. The highest BCUT2D eigenvalue weighted by atomic mass is 19.2. The monoisotopic (exact) mass is 478 g/mol. The number of furan rings is 1. The lowest BCUT2D eigenvalue weighted by Gasteiger charge is -2.09. The number of carbonyl (C=O) groups is 1. The van der Waals surface area contributed by atoms with E-state index in [0.29, 0.717) is 6.54 Å². The fraction of sp³-hybridized carbons (Fsp3) is 0.136. The number of nitrogens with one attached hydrogen (secondary N) is 1. The van der Waals surface area contributed by atoms with Crippen molar-refractivity contribution in [3.8, 4) is 5.75 Å². The van der Waals surface area contributed by atoms with Crippen molar-refractivity contribution in [2.45, 2.75) is 20.1 Å². The molecule has 2 aromatic carbocycles. The number of amides is 1. The van der Waals surface area contributed by atoms with Crippen molar-refractivity contribution in [1.82, 2.24) is 14.8 Å². The van der Waals surface area contributed by atoms with Gasteiger partial charge in [-0.1, -0.05) is 24.3 Å². The molecule has 0 aliphatic carbocycles. The van der Waals surface area contributed by atoms with Gasteiger partial charge in [0.25, 0.3) is 5.91 Å². The van der Waals surface area contributed by atoms with E-state index in [1.807, 2.05) is 31.2 Å². The summed E-state index contributed by atoms with van der Waals surface area (Å²) in [7, 11) is 0. The fourth-order valence-electron chi connectivity index (χ4n) is 2.99. The summed E-state index contributed by atoms with van der Waals surface area (Å²) in [6.07, 6.45) is 1.44. The van der Waals surface area contributed by atoms with Gasteiger partial charge in [-0.15, -0.1) is 5.10 Å². The van der Waals surface area contributed by atoms with Gasteiger partial charge in [0.05, 0.1) is 6.54 Å². The van der Waals surface area contributed by atoms with Gasteiger partial charge >= 0.3 is 0 Å². The van der Waals surface area contributed by atoms with Gasteiger partial charge in [0.1, 0.15) is 18.7 Å². The molecule has 4 rings (SSSR count). The Kier molecular flexibility index (Phi) is 6.30. The zero-order valence-electron chi connectivity index (χ0n) is 17.4. The number of anilines is 1. The van der Waals surface area contributed by atoms with Gasteiger partial charge in [0.15, 0.2) is 11.5 Å². The topological polar surface area (TPSA) is 82.2 Å². The molecule has 0 saturated heterocycles. The Balaban J connectivity index is 1.39. The number of aryl methyl sites for hydroxylation is 1. The standard InChI is InChI=1S/C22H15F5N4O3/c1-11-4-2-3-5-12(11)8-31-10-28-22(30-31)29-21(32)14-7-6-13(34-14)9-33-20-18(26)16(24)15(23)17(25)19(20)27/h2-7,10H,8-9H2,1H3,(H,29,30,32). The number of halogens is 5. The van der Waals surface area contributed by atoms with Crippen molar-refractivity contribution in [2.75, 3.05) is 5.32 Å². The first-order chi connectivity index (χ1) is 16.2. The van der Waals surface area contributed by atoms with Gasteiger partial charge in [0.2, 0.25) is 35.0 Å². The van der Waals surface area contributed by atoms with Crippen LogP contribution in [0.4, 0.5) is 27.9 Å². The zero-order chi connectivity index (χ0) is 24.4. The van der Waals surface area contributed by atoms with Gasteiger partial charge in [-0.05, 0) is 30.2 Å². The molecular formula is C22H15F5N4O3. The van der Waals surface area contributed by atoms with Crippen LogP contribution in [0.3, 0.4) is 0 Å². The molecule has 0 aliphatic rings. The van der Waals surface area contributed by atoms with Gasteiger partial charge in [-0.25, -0.2) is 22.8 Å². The molecule has 34 heavy (non-hydrogen) atoms. The number of rotatable bonds is 7. The highest BCUT2D eigenvalue weighted by Crippen LogP contribution is 2.29. The van der Waals surface area contributed by atoms with Gasteiger partial charge in [-0.3, -0.25) is 10.1 Å². The molecule has 0 spiro atoms. The third-order valence-corrected chi connectivity index (χ3v) is 4.77. The van der Waals surface area contributed by atoms with Crippen molar-refractivity contribution >= 4 is 11.9 Å². The highest BCUT2D eigenvalue weighted by Gasteiger charge is 2.27. The van der Waals surface area contributed by atoms with Gasteiger partial charge in [-0.2, -0.15) is 8.78 Å². The van der Waals surface area contributed by atoms with Crippen LogP contribution in [-0.4, -0.2) is 20.7 Å². The molecule has 0 unspecified atom stereocenters. The number of nitrogens with zero attached hydrogens (tertiary/aromatic N) is 3. The zero-order valence-corrected chi connectivity index (χ0v) is 17.4. The van der Waals surface area contributed by atoms with Crippen LogP contribution in [0.5, 0.6) is 5.75 Å². The van der Waals surface area contributed by atoms with E-state index in [1.165, 1.54) is 23.1 Å². The average molecular weight is 478 g/mol. The Hall–Kier alpha value is -4.22. The number of hydrogen-bond acceptors (Lipinski definition) is 5. The molecule has 2 heterocycles. The minimum absolute atomic E-state index is 0.00851. The van der Waals surface area contributed by atoms with Crippen LogP contribution in [0.2, 0.25) is 0 Å². The van der Waals surface area contributed by atoms with Gasteiger partial charge in [0, 0.05) is 0 Å². The molecule has 1 amide bonds. The van der Waals surface area contributed by atoms with E-state index in [2.05, 4.69) is 15.4 Å². The van der Waals surface area contributed by atoms with E-state index in [0.717, 1.165) is 11.1 Å². The normalized spacial score (nSPS) is 11.0. The lowest BCUT2D eigenvalue weighted by molar-refractivity contribution is 0.0991. The van der Waals surface area contributed by atoms with Gasteiger partial charge < -0.3 is 9.15 Å². The van der Waals surface area contributed by atoms with Crippen LogP contribution < -0.4 is 10.1 Å². The first-order valence-electron chi connectivity index (χ1n) is 9.73. The Morgan fingerprint density at radius 3 is 2.38 bits per heavy atom. The second-order valence-electron chi connectivity index (χ2n) is 7.10. The van der Waals surface area contributed by atoms with Crippen molar-refractivity contribution < 1.29 is 35.9 Å². The maximum Gasteiger partial charge on any atom is 0.293 e. The van der Waals surface area contributed by atoms with E-state index >= 15 is 0 Å². The number of benzene rings is 2. The third-order valence-electron chi connectivity index (χ3n) is 4.77. The molecule has 0 fully saturated rings. The van der Waals surface area contributed by atoms with Crippen molar-refractivity contribution in [2.24, 2.45) is 0 Å². The summed E-state index contributed by atoms with van der Waals surface area (Å²) in [5.74, 6) is -13.3. The Bertz CT molecular complexity index is 1340. The molecule has 4 aromatic rings. The van der Waals surface area contributed by atoms with E-state index < -0.39 is 47.3 Å². The predicted octanol–water partition coefficient (Wildman–Crippen LogP) is 4.75. The molecule has 7 nitrogen and oxygen atoms in total. The maximum absolute atomic E-state index is 13.7. The summed E-state index contributed by atoms with van der Waals surface area (Å²) in [6, 6.07) is 10.2. The largest absolute Gasteiger partial charge is 0.479 e. The van der Waals surface area contributed by atoms with E-state index in [4.69, 9.17) is 9.15 Å². The minimum atomic E-state index is -2.30. The number of carbonyl (C=O) groups excluding carboxylic acids is 1. The molecule has 176 valence electrons. The smallest absolute Gasteiger partial charge is 0.293 e. The first-order valence-corrected chi connectivity index (χ1v) is 9.73. The SMILES string of the molecule is Cc1ccccc1Cn1cnc(NC(=O)c2ccc(COc3c(F)c(F)c(F)c(F)c3F)o2)n1. The maximum atomic E-state index is 13.7. The summed E-state index contributed by atoms with van der Waals surface area (Å²) < 4.78 is 78.4. The minimum Gasteiger partial charge on any atom is -0.479 e. The van der Waals surface area contributed by atoms with Crippen molar-refractivity contribution in [3.05, 3.63) is 94.5 Å². The van der Waals surface area contributed by atoms with Crippen LogP contribution in [-0.2, 0) is 13.2 Å². The molecule has 0 atom stereocenters. The van der Waals surface area contributed by atoms with Crippen molar-refractivity contribution in [3.63, 3.8) is 0 Å². The Morgan fingerprint density at radius 2 is 1.68 bits per heavy atom. The van der Waals surface area contributed by atoms with Crippen LogP contribution in [0.1, 0.15) is 27.4 Å². The lowest BCUT2D eigenvalue weighted by Crippen LogP contribution is -2.13. The molecule has 1 N–H and O–H groups in total. The number of hydrogen-bond donors (Lipinski definition) is 1. The van der Waals surface area contributed by atoms with Crippen LogP contribution in [0.15, 0.2) is 47.1 Å². The average Bonchev–Trinajstić information content (AvgIpc) is 3.47. The summed E-state index contributed by atoms with van der Waals surface area (Å²) in [4.78, 5) is 16.4. The Morgan fingerprint density at radius 1 is 1.00 bits per heavy atom. The quantitative estimate of drug-likeness (QED) is 0.236. The van der Waals surface area contributed by atoms with E-state index in [9.17, 15) is 26.7 Å². The molecule has 0 radical (unpaired) electrons. The predicted molar refractivity (Wildman–Crippen MR) is 108 cm³/mol. The molecule has 0 saturated carbocycles. The van der Waals surface area contributed by atoms with Crippen molar-refractivity contribution in [1.29, 1.82) is 0 Å². The second-order valence-corrected chi connectivity index (χ2v) is 7.10. The number of aromatic nitrogens is 3.